The summed E-state index contributed by atoms with van der Waals surface area (Å²) >= 11 is 0. The molecular weight excluding hydrogens is 588 g/mol. The molecule has 0 spiro atoms. The van der Waals surface area contributed by atoms with Crippen molar-refractivity contribution in [3.63, 3.8) is 0 Å². The topological polar surface area (TPSA) is 24.9 Å². The fourth-order valence-electron chi connectivity index (χ4n) is 7.31. The number of ether oxygens (including phenoxy) is 2. The number of anilines is 6. The zero-order valence-corrected chi connectivity index (χ0v) is 27.8. The quantitative estimate of drug-likeness (QED) is 0.150. The Labute approximate surface area is 284 Å². The second kappa shape index (κ2) is 14.1. The molecule has 240 valence electrons. The Morgan fingerprint density at radius 3 is 1.17 bits per heavy atom. The summed E-state index contributed by atoms with van der Waals surface area (Å²) in [6.45, 7) is 0. The zero-order valence-electron chi connectivity index (χ0n) is 27.8. The Kier molecular flexibility index (Phi) is 9.15. The van der Waals surface area contributed by atoms with Gasteiger partial charge in [-0.15, -0.1) is 0 Å². The van der Waals surface area contributed by atoms with Gasteiger partial charge in [0.2, 0.25) is 0 Å². The Hall–Kier alpha value is -5.48. The first-order valence-electron chi connectivity index (χ1n) is 16.9. The molecule has 48 heavy (non-hydrogen) atoms. The smallest absolute Gasteiger partial charge is 0.120 e. The first-order valence-corrected chi connectivity index (χ1v) is 16.9. The van der Waals surface area contributed by atoms with Crippen molar-refractivity contribution in [1.82, 2.24) is 0 Å². The van der Waals surface area contributed by atoms with Crippen molar-refractivity contribution < 1.29 is 9.47 Å². The molecule has 4 nitrogen and oxygen atoms in total. The van der Waals surface area contributed by atoms with Gasteiger partial charge in [-0.05, 0) is 96.8 Å². The predicted octanol–water partition coefficient (Wildman–Crippen LogP) is 11.9. The van der Waals surface area contributed by atoms with Crippen LogP contribution >= 0.6 is 0 Å². The SMILES string of the molecule is COc1cccc(N(c2ccccc2)c2ccc(C3(c4ccc(N(c5ccccc5)c5cccc(OC)c5)cc4)CCCCC3)cc2)c1. The lowest BCUT2D eigenvalue weighted by atomic mass is 9.65. The molecule has 0 amide bonds. The van der Waals surface area contributed by atoms with E-state index in [9.17, 15) is 0 Å². The minimum absolute atomic E-state index is 0.0314. The summed E-state index contributed by atoms with van der Waals surface area (Å²) in [5.41, 5.74) is 9.32. The van der Waals surface area contributed by atoms with E-state index in [0.29, 0.717) is 0 Å². The molecule has 0 N–H and O–H groups in total. The molecule has 6 aromatic rings. The van der Waals surface area contributed by atoms with E-state index in [2.05, 4.69) is 143 Å². The van der Waals surface area contributed by atoms with Gasteiger partial charge in [0.05, 0.1) is 14.2 Å². The van der Waals surface area contributed by atoms with Gasteiger partial charge in [0, 0.05) is 51.7 Å². The van der Waals surface area contributed by atoms with Gasteiger partial charge in [0.1, 0.15) is 11.5 Å². The number of benzene rings is 6. The van der Waals surface area contributed by atoms with E-state index in [1.807, 2.05) is 24.3 Å². The summed E-state index contributed by atoms with van der Waals surface area (Å²) < 4.78 is 11.2. The first-order chi connectivity index (χ1) is 23.7. The lowest BCUT2D eigenvalue weighted by Gasteiger charge is -2.39. The average molecular weight is 631 g/mol. The van der Waals surface area contributed by atoms with Crippen LogP contribution in [0.5, 0.6) is 11.5 Å². The second-order valence-electron chi connectivity index (χ2n) is 12.5. The van der Waals surface area contributed by atoms with Crippen LogP contribution in [-0.4, -0.2) is 14.2 Å². The highest BCUT2D eigenvalue weighted by Crippen LogP contribution is 2.47. The zero-order chi connectivity index (χ0) is 32.8. The number of rotatable bonds is 10. The molecule has 1 fully saturated rings. The normalized spacial score (nSPS) is 13.8. The summed E-state index contributed by atoms with van der Waals surface area (Å²) in [6.07, 6.45) is 6.02. The molecule has 1 aliphatic rings. The molecule has 1 saturated carbocycles. The third kappa shape index (κ3) is 6.26. The van der Waals surface area contributed by atoms with Crippen LogP contribution in [-0.2, 0) is 5.41 Å². The highest BCUT2D eigenvalue weighted by Gasteiger charge is 2.36. The molecule has 1 aliphatic carbocycles. The molecule has 0 saturated heterocycles. The monoisotopic (exact) mass is 630 g/mol. The second-order valence-corrected chi connectivity index (χ2v) is 12.5. The number of para-hydroxylation sites is 2. The number of hydrogen-bond acceptors (Lipinski definition) is 4. The van der Waals surface area contributed by atoms with Crippen LogP contribution < -0.4 is 19.3 Å². The van der Waals surface area contributed by atoms with E-state index in [1.165, 1.54) is 30.4 Å². The van der Waals surface area contributed by atoms with Crippen molar-refractivity contribution in [2.24, 2.45) is 0 Å². The van der Waals surface area contributed by atoms with Crippen LogP contribution in [0, 0.1) is 0 Å². The molecule has 0 radical (unpaired) electrons. The van der Waals surface area contributed by atoms with Crippen molar-refractivity contribution in [1.29, 1.82) is 0 Å². The van der Waals surface area contributed by atoms with Crippen LogP contribution in [0.15, 0.2) is 158 Å². The molecular formula is C44H42N2O2. The van der Waals surface area contributed by atoms with E-state index < -0.39 is 0 Å². The lowest BCUT2D eigenvalue weighted by Crippen LogP contribution is -2.30. The maximum absolute atomic E-state index is 5.59. The average Bonchev–Trinajstić information content (AvgIpc) is 3.17. The van der Waals surface area contributed by atoms with E-state index in [-0.39, 0.29) is 5.41 Å². The fourth-order valence-corrected chi connectivity index (χ4v) is 7.31. The summed E-state index contributed by atoms with van der Waals surface area (Å²) in [5, 5.41) is 0. The van der Waals surface area contributed by atoms with Gasteiger partial charge in [-0.2, -0.15) is 0 Å². The van der Waals surface area contributed by atoms with Crippen molar-refractivity contribution in [2.45, 2.75) is 37.5 Å². The number of hydrogen-bond donors (Lipinski definition) is 0. The van der Waals surface area contributed by atoms with Crippen LogP contribution in [0.4, 0.5) is 34.1 Å². The largest absolute Gasteiger partial charge is 0.497 e. The Morgan fingerprint density at radius 2 is 0.771 bits per heavy atom. The standard InChI is InChI=1S/C44H42N2O2/c1-47-42-20-12-18-40(32-42)45(36-14-6-3-7-15-36)38-26-22-34(23-27-38)44(30-10-5-11-31-44)35-24-28-39(29-25-35)46(37-16-8-4-9-17-37)41-19-13-21-43(33-41)48-2/h3-4,6-9,12-29,32-33H,5,10-11,30-31H2,1-2H3. The van der Waals surface area contributed by atoms with Crippen LogP contribution in [0.3, 0.4) is 0 Å². The summed E-state index contributed by atoms with van der Waals surface area (Å²) in [5.74, 6) is 1.68. The van der Waals surface area contributed by atoms with Crippen molar-refractivity contribution in [3.05, 3.63) is 169 Å². The molecule has 6 aromatic carbocycles. The molecule has 4 heteroatoms. The van der Waals surface area contributed by atoms with Gasteiger partial charge in [-0.3, -0.25) is 0 Å². The first kappa shape index (κ1) is 31.1. The summed E-state index contributed by atoms with van der Waals surface area (Å²) in [4.78, 5) is 4.59. The third-order valence-corrected chi connectivity index (χ3v) is 9.72. The minimum atomic E-state index is -0.0314. The van der Waals surface area contributed by atoms with Crippen molar-refractivity contribution >= 4 is 34.1 Å². The molecule has 7 rings (SSSR count). The fraction of sp³-hybridized carbons (Fsp3) is 0.182. The van der Waals surface area contributed by atoms with Gasteiger partial charge in [0.15, 0.2) is 0 Å². The van der Waals surface area contributed by atoms with Crippen LogP contribution in [0.1, 0.15) is 43.2 Å². The highest BCUT2D eigenvalue weighted by molar-refractivity contribution is 5.78. The predicted molar refractivity (Wildman–Crippen MR) is 199 cm³/mol. The summed E-state index contributed by atoms with van der Waals surface area (Å²) in [6, 6.07) is 56.2. The molecule has 0 unspecified atom stereocenters. The number of nitrogens with zero attached hydrogens (tertiary/aromatic N) is 2. The molecule has 0 bridgehead atoms. The molecule has 0 atom stereocenters. The van der Waals surface area contributed by atoms with Crippen molar-refractivity contribution in [2.75, 3.05) is 24.0 Å². The maximum Gasteiger partial charge on any atom is 0.120 e. The van der Waals surface area contributed by atoms with E-state index >= 15 is 0 Å². The maximum atomic E-state index is 5.59. The highest BCUT2D eigenvalue weighted by atomic mass is 16.5. The van der Waals surface area contributed by atoms with Gasteiger partial charge >= 0.3 is 0 Å². The summed E-state index contributed by atoms with van der Waals surface area (Å²) in [7, 11) is 3.43. The Morgan fingerprint density at radius 1 is 0.396 bits per heavy atom. The van der Waals surface area contributed by atoms with Crippen LogP contribution in [0.25, 0.3) is 0 Å². The van der Waals surface area contributed by atoms with E-state index in [1.54, 1.807) is 14.2 Å². The molecule has 0 aliphatic heterocycles. The van der Waals surface area contributed by atoms with Crippen LogP contribution in [0.2, 0.25) is 0 Å². The third-order valence-electron chi connectivity index (χ3n) is 9.72. The minimum Gasteiger partial charge on any atom is -0.497 e. The van der Waals surface area contributed by atoms with E-state index in [0.717, 1.165) is 58.5 Å². The Balaban J connectivity index is 1.25. The van der Waals surface area contributed by atoms with Gasteiger partial charge in [-0.25, -0.2) is 0 Å². The van der Waals surface area contributed by atoms with Gasteiger partial charge < -0.3 is 19.3 Å². The van der Waals surface area contributed by atoms with Gasteiger partial charge in [0.25, 0.3) is 0 Å². The van der Waals surface area contributed by atoms with E-state index in [4.69, 9.17) is 9.47 Å². The number of methoxy groups -OCH3 is 2. The molecule has 0 aromatic heterocycles. The van der Waals surface area contributed by atoms with Gasteiger partial charge in [-0.1, -0.05) is 92.1 Å². The Bertz CT molecular complexity index is 1780. The van der Waals surface area contributed by atoms with Crippen molar-refractivity contribution in [3.8, 4) is 11.5 Å². The molecule has 0 heterocycles. The lowest BCUT2D eigenvalue weighted by molar-refractivity contribution is 0.346.